The van der Waals surface area contributed by atoms with E-state index >= 15 is 0 Å². The number of fused-ring (bicyclic) bond motifs is 5. The van der Waals surface area contributed by atoms with Crippen molar-refractivity contribution in [1.82, 2.24) is 5.16 Å². The molecule has 8 atom stereocenters. The van der Waals surface area contributed by atoms with Gasteiger partial charge in [-0.05, 0) is 99.7 Å². The quantitative estimate of drug-likeness (QED) is 0.791. The Labute approximate surface area is 162 Å². The van der Waals surface area contributed by atoms with Crippen LogP contribution in [0.1, 0.15) is 89.0 Å². The predicted octanol–water partition coefficient (Wildman–Crippen LogP) is 4.65. The van der Waals surface area contributed by atoms with Crippen molar-refractivity contribution >= 4 is 0 Å². The van der Waals surface area contributed by atoms with Crippen LogP contribution in [0.2, 0.25) is 0 Å². The molecule has 1 heterocycles. The Morgan fingerprint density at radius 3 is 2.63 bits per heavy atom. The van der Waals surface area contributed by atoms with E-state index in [-0.39, 0.29) is 6.61 Å². The topological polar surface area (TPSA) is 66.5 Å². The smallest absolute Gasteiger partial charge is 0.162 e. The summed E-state index contributed by atoms with van der Waals surface area (Å²) in [6.07, 6.45) is 11.1. The van der Waals surface area contributed by atoms with E-state index in [0.717, 1.165) is 48.1 Å². The van der Waals surface area contributed by atoms with Gasteiger partial charge in [-0.1, -0.05) is 12.1 Å². The van der Waals surface area contributed by atoms with Gasteiger partial charge in [-0.3, -0.25) is 0 Å². The second-order valence-electron chi connectivity index (χ2n) is 10.7. The van der Waals surface area contributed by atoms with Crippen LogP contribution in [0, 0.1) is 35.0 Å². The van der Waals surface area contributed by atoms with E-state index < -0.39 is 5.60 Å². The monoisotopic (exact) mass is 373 g/mol. The largest absolute Gasteiger partial charge is 0.390 e. The van der Waals surface area contributed by atoms with Crippen LogP contribution in [0.4, 0.5) is 0 Å². The third-order valence-corrected chi connectivity index (χ3v) is 9.33. The highest BCUT2D eigenvalue weighted by atomic mass is 16.5. The molecule has 0 radical (unpaired) electrons. The van der Waals surface area contributed by atoms with Crippen LogP contribution in [0.3, 0.4) is 0 Å². The first-order valence-electron chi connectivity index (χ1n) is 11.2. The molecule has 4 aliphatic rings. The predicted molar refractivity (Wildman–Crippen MR) is 103 cm³/mol. The van der Waals surface area contributed by atoms with E-state index in [1.165, 1.54) is 44.9 Å². The summed E-state index contributed by atoms with van der Waals surface area (Å²) in [6, 6.07) is 1.99. The van der Waals surface area contributed by atoms with Crippen LogP contribution in [-0.2, 0) is 6.61 Å². The van der Waals surface area contributed by atoms with Crippen molar-refractivity contribution in [2.45, 2.75) is 89.8 Å². The van der Waals surface area contributed by atoms with Gasteiger partial charge in [0.15, 0.2) is 5.76 Å². The van der Waals surface area contributed by atoms with Crippen molar-refractivity contribution in [3.8, 4) is 0 Å². The lowest BCUT2D eigenvalue weighted by Crippen LogP contribution is -2.50. The lowest BCUT2D eigenvalue weighted by Gasteiger charge is -2.56. The van der Waals surface area contributed by atoms with E-state index in [4.69, 9.17) is 4.52 Å². The molecule has 150 valence electrons. The SMILES string of the molecule is C[C@@]1(O)CC[C@H]2[C@@H](CC[C@@H]3[C@@H]2CC[C@]2(C)[C@@H](c4cc(CO)on4)CC[C@@H]32)C1. The number of rotatable bonds is 2. The van der Waals surface area contributed by atoms with Gasteiger partial charge in [0.05, 0.1) is 11.3 Å². The second kappa shape index (κ2) is 6.32. The minimum Gasteiger partial charge on any atom is -0.390 e. The second-order valence-corrected chi connectivity index (χ2v) is 10.7. The molecule has 1 aromatic rings. The van der Waals surface area contributed by atoms with Crippen molar-refractivity contribution in [3.63, 3.8) is 0 Å². The fourth-order valence-electron chi connectivity index (χ4n) is 8.14. The highest BCUT2D eigenvalue weighted by Gasteiger charge is 2.58. The lowest BCUT2D eigenvalue weighted by atomic mass is 9.49. The molecule has 0 spiro atoms. The molecule has 4 heteroatoms. The maximum atomic E-state index is 10.6. The van der Waals surface area contributed by atoms with Crippen molar-refractivity contribution < 1.29 is 14.7 Å². The van der Waals surface area contributed by atoms with Gasteiger partial charge in [-0.15, -0.1) is 0 Å². The maximum Gasteiger partial charge on any atom is 0.162 e. The highest BCUT2D eigenvalue weighted by molar-refractivity contribution is 5.19. The molecule has 4 nitrogen and oxygen atoms in total. The summed E-state index contributed by atoms with van der Waals surface area (Å²) in [5, 5.41) is 24.2. The fourth-order valence-corrected chi connectivity index (χ4v) is 8.14. The van der Waals surface area contributed by atoms with E-state index in [1.807, 2.05) is 13.0 Å². The molecular weight excluding hydrogens is 338 g/mol. The van der Waals surface area contributed by atoms with Crippen LogP contribution in [0.5, 0.6) is 0 Å². The van der Waals surface area contributed by atoms with Gasteiger partial charge < -0.3 is 14.7 Å². The summed E-state index contributed by atoms with van der Waals surface area (Å²) in [7, 11) is 0. The van der Waals surface area contributed by atoms with Crippen LogP contribution < -0.4 is 0 Å². The Kier molecular flexibility index (Phi) is 4.25. The lowest BCUT2D eigenvalue weighted by molar-refractivity contribution is -0.0960. The molecular formula is C23H35NO3. The van der Waals surface area contributed by atoms with Gasteiger partial charge in [-0.25, -0.2) is 0 Å². The molecule has 0 amide bonds. The van der Waals surface area contributed by atoms with Gasteiger partial charge in [0.1, 0.15) is 6.61 Å². The standard InChI is InChI=1S/C23H35NO3/c1-22(26)9-7-16-14(12-22)3-4-18-17(16)8-10-23(2)19(18)5-6-20(23)21-11-15(13-25)27-24-21/h11,14,16-20,25-26H,3-10,12-13H2,1-2H3/t14-,16-,17+,18+,19-,20+,22+,23-/m0/s1. The Morgan fingerprint density at radius 2 is 1.85 bits per heavy atom. The summed E-state index contributed by atoms with van der Waals surface area (Å²) in [5.41, 5.74) is 0.981. The van der Waals surface area contributed by atoms with Crippen molar-refractivity contribution in [1.29, 1.82) is 0 Å². The molecule has 1 aromatic heterocycles. The molecule has 4 fully saturated rings. The Bertz CT molecular complexity index is 698. The zero-order valence-corrected chi connectivity index (χ0v) is 16.9. The van der Waals surface area contributed by atoms with Crippen LogP contribution in [-0.4, -0.2) is 21.0 Å². The van der Waals surface area contributed by atoms with E-state index in [9.17, 15) is 10.2 Å². The Morgan fingerprint density at radius 1 is 1.04 bits per heavy atom. The third kappa shape index (κ3) is 2.81. The first kappa shape index (κ1) is 18.2. The van der Waals surface area contributed by atoms with Crippen LogP contribution in [0.25, 0.3) is 0 Å². The molecule has 0 aromatic carbocycles. The van der Waals surface area contributed by atoms with E-state index in [2.05, 4.69) is 12.1 Å². The average molecular weight is 374 g/mol. The minimum absolute atomic E-state index is 0.0581. The molecule has 5 rings (SSSR count). The Balaban J connectivity index is 1.37. The van der Waals surface area contributed by atoms with Crippen molar-refractivity contribution in [3.05, 3.63) is 17.5 Å². The number of hydrogen-bond donors (Lipinski definition) is 2. The summed E-state index contributed by atoms with van der Waals surface area (Å²) in [5.74, 6) is 5.22. The first-order valence-corrected chi connectivity index (χ1v) is 11.2. The van der Waals surface area contributed by atoms with Gasteiger partial charge in [0.2, 0.25) is 0 Å². The molecule has 2 N–H and O–H groups in total. The fraction of sp³-hybridized carbons (Fsp3) is 0.870. The first-order chi connectivity index (χ1) is 12.9. The molecule has 0 bridgehead atoms. The maximum absolute atomic E-state index is 10.6. The zero-order valence-electron chi connectivity index (χ0n) is 16.9. The minimum atomic E-state index is -0.424. The van der Waals surface area contributed by atoms with E-state index in [0.29, 0.717) is 17.1 Å². The Hall–Kier alpha value is -0.870. The highest BCUT2D eigenvalue weighted by Crippen LogP contribution is 2.66. The summed E-state index contributed by atoms with van der Waals surface area (Å²) in [6.45, 7) is 4.50. The zero-order chi connectivity index (χ0) is 18.8. The van der Waals surface area contributed by atoms with Gasteiger partial charge >= 0.3 is 0 Å². The number of aromatic nitrogens is 1. The van der Waals surface area contributed by atoms with Crippen LogP contribution >= 0.6 is 0 Å². The van der Waals surface area contributed by atoms with Gasteiger partial charge in [-0.2, -0.15) is 0 Å². The van der Waals surface area contributed by atoms with E-state index in [1.54, 1.807) is 0 Å². The van der Waals surface area contributed by atoms with Crippen molar-refractivity contribution in [2.75, 3.05) is 0 Å². The molecule has 4 saturated carbocycles. The number of hydrogen-bond acceptors (Lipinski definition) is 4. The number of nitrogens with zero attached hydrogens (tertiary/aromatic N) is 1. The van der Waals surface area contributed by atoms with Gasteiger partial charge in [0, 0.05) is 12.0 Å². The molecule has 4 aliphatic carbocycles. The number of aliphatic hydroxyl groups excluding tert-OH is 1. The average Bonchev–Trinajstić information content (AvgIpc) is 3.23. The van der Waals surface area contributed by atoms with Crippen LogP contribution in [0.15, 0.2) is 10.6 Å². The van der Waals surface area contributed by atoms with Crippen molar-refractivity contribution in [2.24, 2.45) is 35.0 Å². The molecule has 27 heavy (non-hydrogen) atoms. The summed E-state index contributed by atoms with van der Waals surface area (Å²) in [4.78, 5) is 0. The molecule has 0 saturated heterocycles. The molecule has 0 aliphatic heterocycles. The summed E-state index contributed by atoms with van der Waals surface area (Å²) >= 11 is 0. The molecule has 0 unspecified atom stereocenters. The third-order valence-electron chi connectivity index (χ3n) is 9.33. The summed E-state index contributed by atoms with van der Waals surface area (Å²) < 4.78 is 5.32. The normalized spacial score (nSPS) is 49.3. The number of aliphatic hydroxyl groups is 2. The van der Waals surface area contributed by atoms with Gasteiger partial charge in [0.25, 0.3) is 0 Å².